The molecular weight excluding hydrogens is 360 g/mol. The molecule has 2 amide bonds. The van der Waals surface area contributed by atoms with Gasteiger partial charge in [0.25, 0.3) is 0 Å². The summed E-state index contributed by atoms with van der Waals surface area (Å²) in [5, 5.41) is 0. The minimum Gasteiger partial charge on any atom is -0.446 e. The van der Waals surface area contributed by atoms with Crippen LogP contribution < -0.4 is 9.80 Å². The quantitative estimate of drug-likeness (QED) is 0.780. The fraction of sp³-hybridized carbons (Fsp3) is 0.529. The molecule has 1 aromatic carbocycles. The lowest BCUT2D eigenvalue weighted by atomic mass is 10.1. The van der Waals surface area contributed by atoms with Crippen molar-refractivity contribution in [3.8, 4) is 0 Å². The van der Waals surface area contributed by atoms with Gasteiger partial charge >= 0.3 is 6.09 Å². The summed E-state index contributed by atoms with van der Waals surface area (Å²) in [5.41, 5.74) is 1.50. The van der Waals surface area contributed by atoms with E-state index in [4.69, 9.17) is 4.74 Å². The van der Waals surface area contributed by atoms with Crippen LogP contribution in [0.3, 0.4) is 0 Å². The van der Waals surface area contributed by atoms with Gasteiger partial charge in [-0.3, -0.25) is 9.69 Å². The van der Waals surface area contributed by atoms with E-state index in [1.165, 1.54) is 0 Å². The number of hydrogen-bond acceptors (Lipinski definition) is 3. The Morgan fingerprint density at radius 3 is 2.57 bits per heavy atom. The van der Waals surface area contributed by atoms with E-state index >= 15 is 0 Å². The van der Waals surface area contributed by atoms with Gasteiger partial charge in [0, 0.05) is 16.9 Å². The van der Waals surface area contributed by atoms with Crippen LogP contribution in [0.1, 0.15) is 33.6 Å². The third kappa shape index (κ3) is 3.22. The number of benzene rings is 1. The molecule has 1 fully saturated rings. The molecule has 1 atom stereocenters. The van der Waals surface area contributed by atoms with Crippen LogP contribution in [-0.2, 0) is 9.53 Å². The van der Waals surface area contributed by atoms with Gasteiger partial charge in [0.2, 0.25) is 5.91 Å². The third-order valence-corrected chi connectivity index (χ3v) is 4.59. The lowest BCUT2D eigenvalue weighted by molar-refractivity contribution is -0.120. The fourth-order valence-electron chi connectivity index (χ4n) is 2.90. The standard InChI is InChI=1S/C17H21BrN2O3/c1-10(2)23-17(22)19-9-11(3)20(16(21)12-4-5-12)14-7-6-13(18)8-15(14)19/h6-8,10-12H,4-5,9H2,1-3H3. The molecule has 1 aliphatic heterocycles. The number of rotatable bonds is 2. The monoisotopic (exact) mass is 380 g/mol. The van der Waals surface area contributed by atoms with E-state index in [1.807, 2.05) is 43.9 Å². The van der Waals surface area contributed by atoms with Crippen molar-refractivity contribution in [1.29, 1.82) is 0 Å². The SMILES string of the molecule is CC(C)OC(=O)N1CC(C)N(C(=O)C2CC2)c2ccc(Br)cc21. The molecule has 0 N–H and O–H groups in total. The summed E-state index contributed by atoms with van der Waals surface area (Å²) >= 11 is 3.45. The van der Waals surface area contributed by atoms with Gasteiger partial charge in [-0.25, -0.2) is 4.79 Å². The average molecular weight is 381 g/mol. The van der Waals surface area contributed by atoms with Gasteiger partial charge < -0.3 is 9.64 Å². The lowest BCUT2D eigenvalue weighted by Gasteiger charge is -2.41. The Labute approximate surface area is 144 Å². The molecule has 5 nitrogen and oxygen atoms in total. The molecule has 1 unspecified atom stereocenters. The van der Waals surface area contributed by atoms with Crippen LogP contribution in [0.5, 0.6) is 0 Å². The molecule has 124 valence electrons. The van der Waals surface area contributed by atoms with Crippen LogP contribution in [0.15, 0.2) is 22.7 Å². The molecule has 6 heteroatoms. The van der Waals surface area contributed by atoms with Crippen molar-refractivity contribution in [2.75, 3.05) is 16.3 Å². The van der Waals surface area contributed by atoms with Crippen molar-refractivity contribution in [3.63, 3.8) is 0 Å². The number of hydrogen-bond donors (Lipinski definition) is 0. The van der Waals surface area contributed by atoms with Gasteiger partial charge in [-0.15, -0.1) is 0 Å². The van der Waals surface area contributed by atoms with Gasteiger partial charge in [0.1, 0.15) is 0 Å². The van der Waals surface area contributed by atoms with Crippen molar-refractivity contribution in [2.45, 2.75) is 45.8 Å². The Morgan fingerprint density at radius 1 is 1.26 bits per heavy atom. The van der Waals surface area contributed by atoms with E-state index in [-0.39, 0.29) is 30.1 Å². The van der Waals surface area contributed by atoms with Crippen LogP contribution in [0, 0.1) is 5.92 Å². The zero-order chi connectivity index (χ0) is 16.7. The maximum Gasteiger partial charge on any atom is 0.414 e. The first-order valence-electron chi connectivity index (χ1n) is 7.99. The molecule has 0 aromatic heterocycles. The fourth-order valence-corrected chi connectivity index (χ4v) is 3.25. The first-order valence-corrected chi connectivity index (χ1v) is 8.78. The maximum atomic E-state index is 12.7. The van der Waals surface area contributed by atoms with Crippen LogP contribution in [-0.4, -0.2) is 30.7 Å². The number of halogens is 1. The highest BCUT2D eigenvalue weighted by molar-refractivity contribution is 9.10. The van der Waals surface area contributed by atoms with E-state index in [1.54, 1.807) is 4.90 Å². The van der Waals surface area contributed by atoms with Crippen molar-refractivity contribution in [3.05, 3.63) is 22.7 Å². The Balaban J connectivity index is 1.99. The van der Waals surface area contributed by atoms with E-state index in [0.29, 0.717) is 6.54 Å². The van der Waals surface area contributed by atoms with Crippen LogP contribution in [0.25, 0.3) is 0 Å². The van der Waals surface area contributed by atoms with Crippen molar-refractivity contribution < 1.29 is 14.3 Å². The summed E-state index contributed by atoms with van der Waals surface area (Å²) in [6.07, 6.45) is 1.38. The Kier molecular flexibility index (Phi) is 4.36. The van der Waals surface area contributed by atoms with E-state index in [2.05, 4.69) is 15.9 Å². The number of nitrogens with zero attached hydrogens (tertiary/aromatic N) is 2. The second kappa shape index (κ2) is 6.15. The summed E-state index contributed by atoms with van der Waals surface area (Å²) in [7, 11) is 0. The predicted octanol–water partition coefficient (Wildman–Crippen LogP) is 3.95. The first kappa shape index (κ1) is 16.3. The van der Waals surface area contributed by atoms with Crippen molar-refractivity contribution >= 4 is 39.3 Å². The summed E-state index contributed by atoms with van der Waals surface area (Å²) in [6, 6.07) is 5.59. The molecule has 0 spiro atoms. The molecule has 1 saturated carbocycles. The number of fused-ring (bicyclic) bond motifs is 1. The molecule has 1 heterocycles. The second-order valence-electron chi connectivity index (χ2n) is 6.51. The molecule has 0 saturated heterocycles. The molecular formula is C17H21BrN2O3. The number of amides is 2. The number of ether oxygens (including phenoxy) is 1. The largest absolute Gasteiger partial charge is 0.446 e. The maximum absolute atomic E-state index is 12.7. The van der Waals surface area contributed by atoms with Gasteiger partial charge in [-0.2, -0.15) is 0 Å². The highest BCUT2D eigenvalue weighted by Crippen LogP contribution is 2.41. The van der Waals surface area contributed by atoms with Gasteiger partial charge in [0.05, 0.1) is 23.5 Å². The Hall–Kier alpha value is -1.56. The van der Waals surface area contributed by atoms with Gasteiger partial charge in [-0.05, 0) is 51.8 Å². The van der Waals surface area contributed by atoms with Crippen molar-refractivity contribution in [1.82, 2.24) is 0 Å². The third-order valence-electron chi connectivity index (χ3n) is 4.10. The molecule has 0 bridgehead atoms. The molecule has 23 heavy (non-hydrogen) atoms. The second-order valence-corrected chi connectivity index (χ2v) is 7.42. The predicted molar refractivity (Wildman–Crippen MR) is 92.8 cm³/mol. The normalized spacial score (nSPS) is 20.5. The Morgan fingerprint density at radius 2 is 1.96 bits per heavy atom. The van der Waals surface area contributed by atoms with Crippen LogP contribution >= 0.6 is 15.9 Å². The highest BCUT2D eigenvalue weighted by Gasteiger charge is 2.41. The number of anilines is 2. The first-order chi connectivity index (χ1) is 10.9. The van der Waals surface area contributed by atoms with Crippen LogP contribution in [0.2, 0.25) is 0 Å². The topological polar surface area (TPSA) is 49.9 Å². The van der Waals surface area contributed by atoms with Gasteiger partial charge in [-0.1, -0.05) is 15.9 Å². The zero-order valence-corrected chi connectivity index (χ0v) is 15.2. The smallest absolute Gasteiger partial charge is 0.414 e. The molecule has 1 aromatic rings. The van der Waals surface area contributed by atoms with E-state index < -0.39 is 0 Å². The van der Waals surface area contributed by atoms with Crippen LogP contribution in [0.4, 0.5) is 16.2 Å². The summed E-state index contributed by atoms with van der Waals surface area (Å²) in [6.45, 7) is 6.07. The number of carbonyl (C=O) groups is 2. The summed E-state index contributed by atoms with van der Waals surface area (Å²) < 4.78 is 6.23. The number of carbonyl (C=O) groups excluding carboxylic acids is 2. The highest BCUT2D eigenvalue weighted by atomic mass is 79.9. The van der Waals surface area contributed by atoms with Crippen molar-refractivity contribution in [2.24, 2.45) is 5.92 Å². The minimum atomic E-state index is -0.371. The molecule has 0 radical (unpaired) electrons. The average Bonchev–Trinajstić information content (AvgIpc) is 3.30. The lowest BCUT2D eigenvalue weighted by Crippen LogP contribution is -2.52. The van der Waals surface area contributed by atoms with E-state index in [9.17, 15) is 9.59 Å². The summed E-state index contributed by atoms with van der Waals surface area (Å²) in [5.74, 6) is 0.307. The Bertz CT molecular complexity index is 643. The zero-order valence-electron chi connectivity index (χ0n) is 13.6. The van der Waals surface area contributed by atoms with Gasteiger partial charge in [0.15, 0.2) is 0 Å². The molecule has 1 aliphatic carbocycles. The summed E-state index contributed by atoms with van der Waals surface area (Å²) in [4.78, 5) is 28.6. The minimum absolute atomic E-state index is 0.0727. The van der Waals surface area contributed by atoms with E-state index in [0.717, 1.165) is 28.7 Å². The molecule has 2 aliphatic rings. The molecule has 3 rings (SSSR count).